The molecular weight excluding hydrogens is 434 g/mol. The van der Waals surface area contributed by atoms with Crippen LogP contribution >= 0.6 is 12.2 Å². The Morgan fingerprint density at radius 2 is 1.84 bits per heavy atom. The zero-order valence-corrected chi connectivity index (χ0v) is 17.9. The highest BCUT2D eigenvalue weighted by Crippen LogP contribution is 2.32. The number of hydrogen-bond donors (Lipinski definition) is 2. The molecule has 1 amide bonds. The monoisotopic (exact) mass is 453 g/mol. The minimum Gasteiger partial charge on any atom is -0.465 e. The van der Waals surface area contributed by atoms with Gasteiger partial charge < -0.3 is 9.73 Å². The molecular formula is C22H19N3O4S2. The number of sulfonamides is 1. The summed E-state index contributed by atoms with van der Waals surface area (Å²) in [6.45, 7) is 0.420. The second-order valence-corrected chi connectivity index (χ2v) is 9.04. The summed E-state index contributed by atoms with van der Waals surface area (Å²) in [7, 11) is -3.66. The van der Waals surface area contributed by atoms with Crippen molar-refractivity contribution in [3.05, 3.63) is 84.3 Å². The Balaban J connectivity index is 1.39. The van der Waals surface area contributed by atoms with Crippen molar-refractivity contribution in [1.29, 1.82) is 0 Å². The van der Waals surface area contributed by atoms with Crippen LogP contribution < -0.4 is 14.9 Å². The van der Waals surface area contributed by atoms with E-state index in [0.717, 1.165) is 11.3 Å². The van der Waals surface area contributed by atoms with Crippen LogP contribution in [0.3, 0.4) is 0 Å². The Labute approximate surface area is 185 Å². The summed E-state index contributed by atoms with van der Waals surface area (Å²) < 4.78 is 32.6. The highest BCUT2D eigenvalue weighted by atomic mass is 32.2. The number of nitrogens with zero attached hydrogens (tertiary/aromatic N) is 1. The first kappa shape index (κ1) is 20.8. The van der Waals surface area contributed by atoms with E-state index in [1.807, 2.05) is 24.3 Å². The molecule has 158 valence electrons. The lowest BCUT2D eigenvalue weighted by molar-refractivity contribution is -0.115. The zero-order valence-electron chi connectivity index (χ0n) is 16.3. The first-order valence-corrected chi connectivity index (χ1v) is 11.3. The predicted octanol–water partition coefficient (Wildman–Crippen LogP) is 3.56. The number of thiocarbonyl (C=S) groups is 1. The minimum atomic E-state index is -3.66. The number of furan rings is 1. The van der Waals surface area contributed by atoms with E-state index in [4.69, 9.17) is 16.6 Å². The van der Waals surface area contributed by atoms with Gasteiger partial charge in [0.15, 0.2) is 5.11 Å². The average Bonchev–Trinajstić information content (AvgIpc) is 3.42. The Morgan fingerprint density at radius 3 is 2.58 bits per heavy atom. The molecule has 2 N–H and O–H groups in total. The third kappa shape index (κ3) is 4.68. The molecule has 9 heteroatoms. The molecule has 0 saturated heterocycles. The van der Waals surface area contributed by atoms with Gasteiger partial charge in [0.25, 0.3) is 10.0 Å². The van der Waals surface area contributed by atoms with Crippen LogP contribution in [0.25, 0.3) is 6.08 Å². The van der Waals surface area contributed by atoms with Gasteiger partial charge in [-0.15, -0.1) is 0 Å². The van der Waals surface area contributed by atoms with Crippen LogP contribution in [-0.4, -0.2) is 26.0 Å². The number of benzene rings is 2. The first-order chi connectivity index (χ1) is 14.9. The highest BCUT2D eigenvalue weighted by Gasteiger charge is 2.30. The fraction of sp³-hybridized carbons (Fsp3) is 0.0909. The number of carbonyl (C=O) groups excluding carboxylic acids is 1. The molecule has 2 heterocycles. The van der Waals surface area contributed by atoms with Gasteiger partial charge in [-0.2, -0.15) is 0 Å². The summed E-state index contributed by atoms with van der Waals surface area (Å²) in [5.74, 6) is 0.132. The summed E-state index contributed by atoms with van der Waals surface area (Å²) in [6.07, 6.45) is 5.03. The van der Waals surface area contributed by atoms with E-state index in [1.165, 1.54) is 34.9 Å². The molecule has 1 aromatic heterocycles. The molecule has 1 aliphatic heterocycles. The molecule has 7 nitrogen and oxygen atoms in total. The molecule has 2 aromatic carbocycles. The van der Waals surface area contributed by atoms with Gasteiger partial charge in [0, 0.05) is 18.3 Å². The molecule has 0 aliphatic carbocycles. The molecule has 1 aliphatic rings. The Morgan fingerprint density at radius 1 is 1.06 bits per heavy atom. The first-order valence-electron chi connectivity index (χ1n) is 9.48. The van der Waals surface area contributed by atoms with Gasteiger partial charge in [0.05, 0.1) is 16.8 Å². The number of rotatable bonds is 5. The largest absolute Gasteiger partial charge is 0.465 e. The number of amides is 1. The van der Waals surface area contributed by atoms with Crippen LogP contribution in [0.15, 0.2) is 82.3 Å². The van der Waals surface area contributed by atoms with Crippen molar-refractivity contribution in [1.82, 2.24) is 5.32 Å². The minimum absolute atomic E-state index is 0.0955. The fourth-order valence-corrected chi connectivity index (χ4v) is 4.98. The maximum Gasteiger partial charge on any atom is 0.264 e. The molecule has 0 unspecified atom stereocenters. The van der Waals surface area contributed by atoms with Crippen LogP contribution in [0.2, 0.25) is 0 Å². The Kier molecular flexibility index (Phi) is 5.88. The molecule has 0 saturated carbocycles. The van der Waals surface area contributed by atoms with Crippen molar-refractivity contribution in [2.75, 3.05) is 16.2 Å². The summed E-state index contributed by atoms with van der Waals surface area (Å²) in [5.41, 5.74) is 2.30. The van der Waals surface area contributed by atoms with Gasteiger partial charge in [-0.3, -0.25) is 14.4 Å². The lowest BCUT2D eigenvalue weighted by Gasteiger charge is -2.19. The molecule has 0 fully saturated rings. The quantitative estimate of drug-likeness (QED) is 0.453. The summed E-state index contributed by atoms with van der Waals surface area (Å²) in [4.78, 5) is 12.1. The number of nitrogens with one attached hydrogen (secondary N) is 2. The smallest absolute Gasteiger partial charge is 0.264 e. The van der Waals surface area contributed by atoms with Gasteiger partial charge in [0.2, 0.25) is 5.91 Å². The number of para-hydroxylation sites is 1. The van der Waals surface area contributed by atoms with Crippen molar-refractivity contribution in [3.8, 4) is 0 Å². The van der Waals surface area contributed by atoms with E-state index in [9.17, 15) is 13.2 Å². The van der Waals surface area contributed by atoms with Crippen molar-refractivity contribution >= 4 is 50.7 Å². The van der Waals surface area contributed by atoms with Gasteiger partial charge in [-0.25, -0.2) is 8.42 Å². The highest BCUT2D eigenvalue weighted by molar-refractivity contribution is 7.92. The van der Waals surface area contributed by atoms with Crippen LogP contribution in [0, 0.1) is 0 Å². The van der Waals surface area contributed by atoms with E-state index in [1.54, 1.807) is 24.3 Å². The number of carbonyl (C=O) groups is 1. The van der Waals surface area contributed by atoms with E-state index in [2.05, 4.69) is 10.6 Å². The molecule has 3 aromatic rings. The molecule has 31 heavy (non-hydrogen) atoms. The summed E-state index contributed by atoms with van der Waals surface area (Å²) >= 11 is 5.14. The summed E-state index contributed by atoms with van der Waals surface area (Å²) in [6, 6.07) is 17.2. The van der Waals surface area contributed by atoms with E-state index in [0.29, 0.717) is 24.4 Å². The van der Waals surface area contributed by atoms with Gasteiger partial charge in [0.1, 0.15) is 5.76 Å². The van der Waals surface area contributed by atoms with Crippen LogP contribution in [0.1, 0.15) is 11.3 Å². The van der Waals surface area contributed by atoms with Crippen molar-refractivity contribution < 1.29 is 17.6 Å². The second-order valence-electron chi connectivity index (χ2n) is 6.77. The van der Waals surface area contributed by atoms with Crippen molar-refractivity contribution in [2.45, 2.75) is 11.3 Å². The topological polar surface area (TPSA) is 91.6 Å². The lowest BCUT2D eigenvalue weighted by atomic mass is 10.2. The van der Waals surface area contributed by atoms with Gasteiger partial charge in [-0.1, -0.05) is 18.2 Å². The molecule has 0 radical (unpaired) electrons. The van der Waals surface area contributed by atoms with Crippen LogP contribution in [0.4, 0.5) is 11.4 Å². The maximum absolute atomic E-state index is 13.1. The third-order valence-electron chi connectivity index (χ3n) is 4.72. The summed E-state index contributed by atoms with van der Waals surface area (Å²) in [5, 5.41) is 5.48. The standard InChI is InChI=1S/C22H19N3O4S2/c26-21(12-9-18-5-3-15-29-18)24-22(30)23-17-7-10-19(11-8-17)31(27,28)25-14-13-16-4-1-2-6-20(16)25/h1-12,15H,13-14H2,(H2,23,24,26,30). The van der Waals surface area contributed by atoms with Crippen LogP contribution in [-0.2, 0) is 21.2 Å². The maximum atomic E-state index is 13.1. The van der Waals surface area contributed by atoms with Crippen molar-refractivity contribution in [2.24, 2.45) is 0 Å². The number of anilines is 2. The SMILES string of the molecule is O=C(C=Cc1ccco1)NC(=S)Nc1ccc(S(=O)(=O)N2CCc3ccccc32)cc1. The fourth-order valence-electron chi connectivity index (χ4n) is 3.25. The van der Waals surface area contributed by atoms with E-state index in [-0.39, 0.29) is 10.0 Å². The van der Waals surface area contributed by atoms with E-state index >= 15 is 0 Å². The number of fused-ring (bicyclic) bond motifs is 1. The van der Waals surface area contributed by atoms with Crippen molar-refractivity contribution in [3.63, 3.8) is 0 Å². The van der Waals surface area contributed by atoms with Gasteiger partial charge >= 0.3 is 0 Å². The third-order valence-corrected chi connectivity index (χ3v) is 6.76. The normalized spacial score (nSPS) is 13.2. The molecule has 4 rings (SSSR count). The Hall–Kier alpha value is -3.43. The lowest BCUT2D eigenvalue weighted by Crippen LogP contribution is -2.32. The molecule has 0 bridgehead atoms. The second kappa shape index (κ2) is 8.75. The Bertz CT molecular complexity index is 1230. The molecule has 0 spiro atoms. The van der Waals surface area contributed by atoms with E-state index < -0.39 is 15.9 Å². The number of hydrogen-bond acceptors (Lipinski definition) is 5. The average molecular weight is 454 g/mol. The molecule has 0 atom stereocenters. The van der Waals surface area contributed by atoms with Crippen LogP contribution in [0.5, 0.6) is 0 Å². The predicted molar refractivity (Wildman–Crippen MR) is 123 cm³/mol. The van der Waals surface area contributed by atoms with Gasteiger partial charge in [-0.05, 0) is 72.7 Å². The zero-order chi connectivity index (χ0) is 21.8.